The summed E-state index contributed by atoms with van der Waals surface area (Å²) in [5, 5.41) is 4.10. The van der Waals surface area contributed by atoms with E-state index in [1.807, 2.05) is 4.90 Å². The van der Waals surface area contributed by atoms with E-state index in [-0.39, 0.29) is 17.6 Å². The maximum absolute atomic E-state index is 13.0. The smallest absolute Gasteiger partial charge is 0.292 e. The number of carbonyl (C=O) groups is 1. The van der Waals surface area contributed by atoms with Gasteiger partial charge in [0.05, 0.1) is 12.3 Å². The molecule has 1 fully saturated rings. The second kappa shape index (κ2) is 7.48. The molecule has 0 bridgehead atoms. The van der Waals surface area contributed by atoms with Gasteiger partial charge in [-0.15, -0.1) is 0 Å². The van der Waals surface area contributed by atoms with E-state index in [9.17, 15) is 9.18 Å². The number of hydrogen-bond acceptors (Lipinski definition) is 4. The van der Waals surface area contributed by atoms with Crippen LogP contribution in [-0.2, 0) is 12.8 Å². The molecule has 0 spiro atoms. The molecular formula is C20H23FN2O3. The van der Waals surface area contributed by atoms with Crippen LogP contribution in [0, 0.1) is 11.7 Å². The van der Waals surface area contributed by atoms with Crippen molar-refractivity contribution in [1.82, 2.24) is 10.1 Å². The minimum Gasteiger partial charge on any atom is -0.493 e. The van der Waals surface area contributed by atoms with Gasteiger partial charge in [0.15, 0.2) is 0 Å². The molecule has 26 heavy (non-hydrogen) atoms. The Bertz CT molecular complexity index is 772. The fourth-order valence-electron chi connectivity index (χ4n) is 3.83. The molecule has 0 saturated carbocycles. The second-order valence-electron chi connectivity index (χ2n) is 7.17. The highest BCUT2D eigenvalue weighted by Crippen LogP contribution is 2.27. The van der Waals surface area contributed by atoms with E-state index in [1.165, 1.54) is 12.1 Å². The minimum atomic E-state index is -0.276. The third kappa shape index (κ3) is 3.59. The van der Waals surface area contributed by atoms with Gasteiger partial charge in [-0.1, -0.05) is 5.16 Å². The van der Waals surface area contributed by atoms with Crippen LogP contribution >= 0.6 is 0 Å². The Kier molecular flexibility index (Phi) is 4.91. The van der Waals surface area contributed by atoms with Crippen molar-refractivity contribution in [2.45, 2.75) is 38.5 Å². The predicted octanol–water partition coefficient (Wildman–Crippen LogP) is 3.62. The Morgan fingerprint density at radius 2 is 2.04 bits per heavy atom. The average molecular weight is 358 g/mol. The number of rotatable bonds is 4. The summed E-state index contributed by atoms with van der Waals surface area (Å²) in [5.74, 6) is 1.02. The number of halogens is 1. The van der Waals surface area contributed by atoms with Crippen molar-refractivity contribution < 1.29 is 18.4 Å². The maximum atomic E-state index is 13.0. The predicted molar refractivity (Wildman–Crippen MR) is 93.7 cm³/mol. The highest BCUT2D eigenvalue weighted by Gasteiger charge is 2.31. The van der Waals surface area contributed by atoms with E-state index >= 15 is 0 Å². The first kappa shape index (κ1) is 17.1. The second-order valence-corrected chi connectivity index (χ2v) is 7.17. The van der Waals surface area contributed by atoms with Crippen LogP contribution in [0.15, 0.2) is 28.8 Å². The van der Waals surface area contributed by atoms with Gasteiger partial charge in [-0.3, -0.25) is 4.79 Å². The number of carbonyl (C=O) groups excluding carboxylic acids is 1. The molecule has 4 rings (SSSR count). The van der Waals surface area contributed by atoms with Crippen LogP contribution in [0.3, 0.4) is 0 Å². The molecule has 1 aliphatic carbocycles. The number of aryl methyl sites for hydroxylation is 1. The van der Waals surface area contributed by atoms with Gasteiger partial charge < -0.3 is 14.2 Å². The molecule has 6 heteroatoms. The van der Waals surface area contributed by atoms with Crippen LogP contribution in [0.1, 0.15) is 47.5 Å². The van der Waals surface area contributed by atoms with Crippen LogP contribution < -0.4 is 4.74 Å². The average Bonchev–Trinajstić information content (AvgIpc) is 3.11. The molecule has 1 aliphatic heterocycles. The van der Waals surface area contributed by atoms with Crippen molar-refractivity contribution >= 4 is 5.91 Å². The molecule has 1 aromatic carbocycles. The van der Waals surface area contributed by atoms with Gasteiger partial charge >= 0.3 is 0 Å². The molecule has 1 aromatic heterocycles. The van der Waals surface area contributed by atoms with Gasteiger partial charge in [-0.2, -0.15) is 0 Å². The zero-order valence-corrected chi connectivity index (χ0v) is 14.7. The minimum absolute atomic E-state index is 0.0490. The summed E-state index contributed by atoms with van der Waals surface area (Å²) in [5.41, 5.74) is 1.96. The Morgan fingerprint density at radius 3 is 2.88 bits per heavy atom. The van der Waals surface area contributed by atoms with Crippen LogP contribution in [0.25, 0.3) is 0 Å². The third-order valence-corrected chi connectivity index (χ3v) is 5.26. The molecule has 0 radical (unpaired) electrons. The number of piperidine rings is 1. The van der Waals surface area contributed by atoms with Gasteiger partial charge in [-0.05, 0) is 62.8 Å². The van der Waals surface area contributed by atoms with Gasteiger partial charge in [0.25, 0.3) is 5.91 Å². The topological polar surface area (TPSA) is 55.6 Å². The van der Waals surface area contributed by atoms with Crippen LogP contribution in [0.2, 0.25) is 0 Å². The number of amides is 1. The number of aromatic nitrogens is 1. The molecule has 2 heterocycles. The summed E-state index contributed by atoms with van der Waals surface area (Å²) < 4.78 is 24.1. The Hall–Kier alpha value is -2.37. The van der Waals surface area contributed by atoms with E-state index in [1.54, 1.807) is 12.1 Å². The molecule has 2 aliphatic rings. The van der Waals surface area contributed by atoms with Gasteiger partial charge in [0.2, 0.25) is 5.76 Å². The monoisotopic (exact) mass is 358 g/mol. The lowest BCUT2D eigenvalue weighted by atomic mass is 9.94. The van der Waals surface area contributed by atoms with Crippen molar-refractivity contribution in [3.8, 4) is 5.75 Å². The molecule has 2 aromatic rings. The molecule has 1 unspecified atom stereocenters. The van der Waals surface area contributed by atoms with Crippen LogP contribution in [-0.4, -0.2) is 35.7 Å². The molecule has 1 amide bonds. The molecular weight excluding hydrogens is 335 g/mol. The van der Waals surface area contributed by atoms with Gasteiger partial charge in [-0.25, -0.2) is 4.39 Å². The summed E-state index contributed by atoms with van der Waals surface area (Å²) in [6, 6.07) is 6.03. The van der Waals surface area contributed by atoms with Crippen molar-refractivity contribution in [3.05, 3.63) is 47.1 Å². The Balaban J connectivity index is 1.38. The van der Waals surface area contributed by atoms with Crippen LogP contribution in [0.4, 0.5) is 4.39 Å². The van der Waals surface area contributed by atoms with Crippen molar-refractivity contribution in [3.63, 3.8) is 0 Å². The first-order valence-electron chi connectivity index (χ1n) is 9.36. The summed E-state index contributed by atoms with van der Waals surface area (Å²) in [6.45, 7) is 1.90. The van der Waals surface area contributed by atoms with Crippen molar-refractivity contribution in [2.75, 3.05) is 19.7 Å². The Labute approximate surface area is 152 Å². The number of likely N-dealkylation sites (tertiary alicyclic amines) is 1. The van der Waals surface area contributed by atoms with E-state index in [2.05, 4.69) is 5.16 Å². The molecule has 0 N–H and O–H groups in total. The zero-order chi connectivity index (χ0) is 17.9. The lowest BCUT2D eigenvalue weighted by Gasteiger charge is -2.32. The van der Waals surface area contributed by atoms with E-state index in [0.717, 1.165) is 56.3 Å². The summed E-state index contributed by atoms with van der Waals surface area (Å²) in [7, 11) is 0. The molecule has 1 atom stereocenters. The first-order valence-corrected chi connectivity index (χ1v) is 9.36. The highest BCUT2D eigenvalue weighted by atomic mass is 19.1. The van der Waals surface area contributed by atoms with Crippen LogP contribution in [0.5, 0.6) is 5.75 Å². The number of fused-ring (bicyclic) bond motifs is 1. The molecule has 138 valence electrons. The number of hydrogen-bond donors (Lipinski definition) is 0. The zero-order valence-electron chi connectivity index (χ0n) is 14.7. The normalized spacial score (nSPS) is 19.9. The number of nitrogens with zero attached hydrogens (tertiary/aromatic N) is 2. The highest BCUT2D eigenvalue weighted by molar-refractivity contribution is 5.93. The lowest BCUT2D eigenvalue weighted by Crippen LogP contribution is -2.41. The number of ether oxygens (including phenoxy) is 1. The fraction of sp³-hybridized carbons (Fsp3) is 0.500. The lowest BCUT2D eigenvalue weighted by molar-refractivity contribution is 0.0591. The van der Waals surface area contributed by atoms with Crippen molar-refractivity contribution in [1.29, 1.82) is 0 Å². The Morgan fingerprint density at radius 1 is 1.23 bits per heavy atom. The first-order chi connectivity index (χ1) is 12.7. The SMILES string of the molecule is O=C(c1onc2c1CCCC2)N1CCCC(COc2ccc(F)cc2)C1. The quantitative estimate of drug-likeness (QED) is 0.838. The van der Waals surface area contributed by atoms with E-state index in [0.29, 0.717) is 24.7 Å². The largest absolute Gasteiger partial charge is 0.493 e. The maximum Gasteiger partial charge on any atom is 0.292 e. The van der Waals surface area contributed by atoms with E-state index < -0.39 is 0 Å². The van der Waals surface area contributed by atoms with Gasteiger partial charge in [0, 0.05) is 24.6 Å². The molecule has 5 nitrogen and oxygen atoms in total. The van der Waals surface area contributed by atoms with E-state index in [4.69, 9.17) is 9.26 Å². The summed E-state index contributed by atoms with van der Waals surface area (Å²) in [6.07, 6.45) is 5.94. The third-order valence-electron chi connectivity index (χ3n) is 5.26. The van der Waals surface area contributed by atoms with Gasteiger partial charge in [0.1, 0.15) is 11.6 Å². The summed E-state index contributed by atoms with van der Waals surface area (Å²) >= 11 is 0. The standard InChI is InChI=1S/C20H23FN2O3/c21-15-7-9-16(10-8-15)25-13-14-4-3-11-23(12-14)20(24)19-17-5-1-2-6-18(17)22-26-19/h7-10,14H,1-6,11-13H2. The molecule has 1 saturated heterocycles. The fourth-order valence-corrected chi connectivity index (χ4v) is 3.83. The summed E-state index contributed by atoms with van der Waals surface area (Å²) in [4.78, 5) is 14.8. The number of benzene rings is 1. The van der Waals surface area contributed by atoms with Crippen molar-refractivity contribution in [2.24, 2.45) is 5.92 Å².